The molecule has 0 aliphatic carbocycles. The van der Waals surface area contributed by atoms with E-state index in [1.165, 1.54) is 16.7 Å². The molecule has 2 heterocycles. The normalized spacial score (nSPS) is 14.2. The van der Waals surface area contributed by atoms with Crippen LogP contribution in [0.5, 0.6) is 0 Å². The van der Waals surface area contributed by atoms with Crippen molar-refractivity contribution < 1.29 is 0 Å². The maximum absolute atomic E-state index is 11.6. The number of halogens is 2. The minimum atomic E-state index is -0.347. The molecule has 1 aliphatic rings. The lowest BCUT2D eigenvalue weighted by Gasteiger charge is -2.31. The van der Waals surface area contributed by atoms with Crippen LogP contribution in [0.15, 0.2) is 27.6 Å². The monoisotopic (exact) mass is 353 g/mol. The fourth-order valence-corrected chi connectivity index (χ4v) is 3.62. The van der Waals surface area contributed by atoms with Gasteiger partial charge in [0.2, 0.25) is 0 Å². The molecule has 0 bridgehead atoms. The summed E-state index contributed by atoms with van der Waals surface area (Å²) in [6.07, 6.45) is 2.53. The first-order chi connectivity index (χ1) is 9.56. The number of aromatic amines is 1. The summed E-state index contributed by atoms with van der Waals surface area (Å²) in [6, 6.07) is 4.32. The third kappa shape index (κ3) is 2.36. The topological polar surface area (TPSA) is 49.0 Å². The molecule has 2 aromatic rings. The Morgan fingerprint density at radius 2 is 2.25 bits per heavy atom. The zero-order chi connectivity index (χ0) is 14.3. The lowest BCUT2D eigenvalue weighted by Crippen LogP contribution is -2.32. The number of nitrogens with one attached hydrogen (secondary N) is 1. The summed E-state index contributed by atoms with van der Waals surface area (Å²) in [5.41, 5.74) is 4.16. The molecular weight excluding hydrogens is 342 g/mol. The highest BCUT2D eigenvalue weighted by atomic mass is 79.9. The summed E-state index contributed by atoms with van der Waals surface area (Å²) in [6.45, 7) is 3.63. The number of rotatable bonds is 1. The van der Waals surface area contributed by atoms with Gasteiger partial charge >= 0.3 is 0 Å². The molecule has 0 atom stereocenters. The number of anilines is 1. The molecule has 0 radical (unpaired) electrons. The van der Waals surface area contributed by atoms with E-state index in [0.29, 0.717) is 5.69 Å². The van der Waals surface area contributed by atoms with Crippen LogP contribution >= 0.6 is 27.5 Å². The van der Waals surface area contributed by atoms with Crippen LogP contribution in [0.25, 0.3) is 0 Å². The largest absolute Gasteiger partial charge is 0.364 e. The highest BCUT2D eigenvalue weighted by molar-refractivity contribution is 9.10. The van der Waals surface area contributed by atoms with Crippen molar-refractivity contribution in [2.24, 2.45) is 0 Å². The first-order valence-electron chi connectivity index (χ1n) is 6.32. The highest BCUT2D eigenvalue weighted by Crippen LogP contribution is 2.31. The fourth-order valence-electron chi connectivity index (χ4n) is 2.60. The van der Waals surface area contributed by atoms with Gasteiger partial charge in [-0.2, -0.15) is 5.10 Å². The van der Waals surface area contributed by atoms with Crippen LogP contribution in [0.3, 0.4) is 0 Å². The summed E-state index contributed by atoms with van der Waals surface area (Å²) in [5.74, 6) is 0. The predicted octanol–water partition coefficient (Wildman–Crippen LogP) is 3.06. The first kappa shape index (κ1) is 13.6. The summed E-state index contributed by atoms with van der Waals surface area (Å²) in [7, 11) is 0. The standard InChI is InChI=1S/C14H13BrClN3O/c1-8-4-9-7-19(3-2-10(9)11(15)5-8)12-6-17-18-14(20)13(12)16/h4-6H,2-3,7H2,1H3,(H,18,20). The number of nitrogens with zero attached hydrogens (tertiary/aromatic N) is 2. The van der Waals surface area contributed by atoms with E-state index in [1.807, 2.05) is 0 Å². The second-order valence-corrected chi connectivity index (χ2v) is 6.19. The Morgan fingerprint density at radius 1 is 1.45 bits per heavy atom. The number of fused-ring (bicyclic) bond motifs is 1. The molecule has 1 aliphatic heterocycles. The molecule has 1 aromatic heterocycles. The van der Waals surface area contributed by atoms with Crippen LogP contribution in [0, 0.1) is 6.92 Å². The number of H-pyrrole nitrogens is 1. The smallest absolute Gasteiger partial charge is 0.285 e. The fraction of sp³-hybridized carbons (Fsp3) is 0.286. The van der Waals surface area contributed by atoms with Gasteiger partial charge in [0.15, 0.2) is 0 Å². The molecule has 104 valence electrons. The van der Waals surface area contributed by atoms with Crippen molar-refractivity contribution >= 4 is 33.2 Å². The third-order valence-corrected chi connectivity index (χ3v) is 4.62. The Morgan fingerprint density at radius 3 is 3.05 bits per heavy atom. The number of aryl methyl sites for hydroxylation is 1. The Hall–Kier alpha value is -1.33. The second-order valence-electron chi connectivity index (χ2n) is 4.95. The van der Waals surface area contributed by atoms with Crippen LogP contribution in [-0.4, -0.2) is 16.7 Å². The SMILES string of the molecule is Cc1cc(Br)c2c(c1)CN(c1cn[nH]c(=O)c1Cl)CC2. The van der Waals surface area contributed by atoms with Crippen molar-refractivity contribution in [3.8, 4) is 0 Å². The van der Waals surface area contributed by atoms with E-state index >= 15 is 0 Å². The summed E-state index contributed by atoms with van der Waals surface area (Å²) in [5, 5.41) is 6.39. The summed E-state index contributed by atoms with van der Waals surface area (Å²) in [4.78, 5) is 13.6. The minimum Gasteiger partial charge on any atom is -0.364 e. The first-order valence-corrected chi connectivity index (χ1v) is 7.49. The van der Waals surface area contributed by atoms with Gasteiger partial charge in [-0.1, -0.05) is 33.6 Å². The van der Waals surface area contributed by atoms with Gasteiger partial charge in [0, 0.05) is 17.6 Å². The zero-order valence-corrected chi connectivity index (χ0v) is 13.3. The molecule has 0 saturated carbocycles. The molecule has 0 fully saturated rings. The van der Waals surface area contributed by atoms with E-state index in [-0.39, 0.29) is 10.6 Å². The molecule has 1 aromatic carbocycles. The molecular formula is C14H13BrClN3O. The molecule has 0 unspecified atom stereocenters. The van der Waals surface area contributed by atoms with Gasteiger partial charge in [-0.05, 0) is 36.1 Å². The number of benzene rings is 1. The molecule has 4 nitrogen and oxygen atoms in total. The van der Waals surface area contributed by atoms with E-state index in [0.717, 1.165) is 24.0 Å². The molecule has 1 N–H and O–H groups in total. The van der Waals surface area contributed by atoms with Crippen LogP contribution in [0.2, 0.25) is 5.02 Å². The quantitative estimate of drug-likeness (QED) is 0.856. The predicted molar refractivity (Wildman–Crippen MR) is 83.5 cm³/mol. The van der Waals surface area contributed by atoms with E-state index in [2.05, 4.69) is 50.1 Å². The number of hydrogen-bond donors (Lipinski definition) is 1. The van der Waals surface area contributed by atoms with Crippen LogP contribution in [-0.2, 0) is 13.0 Å². The molecule has 0 amide bonds. The van der Waals surface area contributed by atoms with Gasteiger partial charge in [0.05, 0.1) is 11.9 Å². The maximum Gasteiger partial charge on any atom is 0.285 e. The lowest BCUT2D eigenvalue weighted by molar-refractivity contribution is 0.723. The Balaban J connectivity index is 2.00. The van der Waals surface area contributed by atoms with Crippen molar-refractivity contribution in [1.82, 2.24) is 10.2 Å². The zero-order valence-electron chi connectivity index (χ0n) is 10.9. The van der Waals surface area contributed by atoms with E-state index < -0.39 is 0 Å². The van der Waals surface area contributed by atoms with E-state index in [4.69, 9.17) is 11.6 Å². The van der Waals surface area contributed by atoms with Gasteiger partial charge in [-0.25, -0.2) is 5.10 Å². The summed E-state index contributed by atoms with van der Waals surface area (Å²) >= 11 is 9.70. The van der Waals surface area contributed by atoms with Crippen molar-refractivity contribution in [2.75, 3.05) is 11.4 Å². The van der Waals surface area contributed by atoms with E-state index in [9.17, 15) is 4.79 Å². The van der Waals surface area contributed by atoms with E-state index in [1.54, 1.807) is 6.20 Å². The van der Waals surface area contributed by atoms with Gasteiger partial charge in [0.1, 0.15) is 5.02 Å². The lowest BCUT2D eigenvalue weighted by atomic mass is 9.97. The van der Waals surface area contributed by atoms with Crippen LogP contribution < -0.4 is 10.5 Å². The van der Waals surface area contributed by atoms with Crippen molar-refractivity contribution in [3.63, 3.8) is 0 Å². The number of hydrogen-bond acceptors (Lipinski definition) is 3. The van der Waals surface area contributed by atoms with Gasteiger partial charge in [-0.15, -0.1) is 0 Å². The second kappa shape index (κ2) is 5.22. The minimum absolute atomic E-state index is 0.204. The van der Waals surface area contributed by atoms with Crippen LogP contribution in [0.1, 0.15) is 16.7 Å². The molecule has 0 spiro atoms. The van der Waals surface area contributed by atoms with Gasteiger partial charge in [-0.3, -0.25) is 4.79 Å². The molecule has 3 rings (SSSR count). The van der Waals surface area contributed by atoms with Crippen molar-refractivity contribution in [1.29, 1.82) is 0 Å². The Labute approximate surface area is 129 Å². The highest BCUT2D eigenvalue weighted by Gasteiger charge is 2.21. The van der Waals surface area contributed by atoms with Crippen molar-refractivity contribution in [3.05, 3.63) is 54.9 Å². The maximum atomic E-state index is 11.6. The molecule has 6 heteroatoms. The molecule has 20 heavy (non-hydrogen) atoms. The summed E-state index contributed by atoms with van der Waals surface area (Å²) < 4.78 is 1.15. The van der Waals surface area contributed by atoms with Crippen LogP contribution in [0.4, 0.5) is 5.69 Å². The van der Waals surface area contributed by atoms with Gasteiger partial charge in [0.25, 0.3) is 5.56 Å². The average molecular weight is 355 g/mol. The Bertz CT molecular complexity index is 729. The Kier molecular flexibility index (Phi) is 3.56. The number of aromatic nitrogens is 2. The van der Waals surface area contributed by atoms with Gasteiger partial charge < -0.3 is 4.90 Å². The van der Waals surface area contributed by atoms with Crippen molar-refractivity contribution in [2.45, 2.75) is 19.9 Å². The third-order valence-electron chi connectivity index (χ3n) is 3.54. The average Bonchev–Trinajstić information content (AvgIpc) is 2.41. The molecule has 0 saturated heterocycles.